The minimum atomic E-state index is -4.59. The van der Waals surface area contributed by atoms with Crippen LogP contribution in [0.3, 0.4) is 0 Å². The summed E-state index contributed by atoms with van der Waals surface area (Å²) in [5.41, 5.74) is -1.20. The molecule has 3 rings (SSSR count). The molecule has 1 aromatic rings. The summed E-state index contributed by atoms with van der Waals surface area (Å²) in [4.78, 5) is 23.7. The van der Waals surface area contributed by atoms with Crippen LogP contribution in [0.25, 0.3) is 0 Å². The van der Waals surface area contributed by atoms with Gasteiger partial charge < -0.3 is 15.2 Å². The third-order valence-corrected chi connectivity index (χ3v) is 4.37. The first-order valence-electron chi connectivity index (χ1n) is 6.92. The van der Waals surface area contributed by atoms with E-state index in [2.05, 4.69) is 5.32 Å². The molecule has 0 radical (unpaired) electrons. The van der Waals surface area contributed by atoms with Crippen LogP contribution in [0, 0.1) is 11.8 Å². The maximum absolute atomic E-state index is 12.8. The monoisotopic (exact) mass is 361 g/mol. The maximum atomic E-state index is 12.8. The lowest BCUT2D eigenvalue weighted by atomic mass is 9.82. The van der Waals surface area contributed by atoms with E-state index in [1.807, 2.05) is 0 Å². The van der Waals surface area contributed by atoms with Gasteiger partial charge in [0.1, 0.15) is 5.92 Å². The third kappa shape index (κ3) is 2.87. The van der Waals surface area contributed by atoms with E-state index in [1.54, 1.807) is 12.2 Å². The molecule has 2 heterocycles. The molecule has 0 saturated carbocycles. The average molecular weight is 362 g/mol. The zero-order valence-corrected chi connectivity index (χ0v) is 12.6. The number of nitrogens with one attached hydrogen (secondary N) is 1. The van der Waals surface area contributed by atoms with Crippen molar-refractivity contribution in [2.75, 3.05) is 5.32 Å². The topological polar surface area (TPSA) is 75.6 Å². The summed E-state index contributed by atoms with van der Waals surface area (Å²) in [5, 5.41) is 11.5. The number of amides is 1. The summed E-state index contributed by atoms with van der Waals surface area (Å²) in [5.74, 6) is -4.09. The van der Waals surface area contributed by atoms with Gasteiger partial charge in [0.15, 0.2) is 0 Å². The van der Waals surface area contributed by atoms with E-state index in [1.165, 1.54) is 0 Å². The van der Waals surface area contributed by atoms with E-state index in [0.29, 0.717) is 6.07 Å². The van der Waals surface area contributed by atoms with Gasteiger partial charge >= 0.3 is 12.1 Å². The van der Waals surface area contributed by atoms with Crippen LogP contribution in [0.5, 0.6) is 0 Å². The van der Waals surface area contributed by atoms with E-state index in [4.69, 9.17) is 16.3 Å². The molecule has 5 nitrogen and oxygen atoms in total. The smallest absolute Gasteiger partial charge is 0.416 e. The molecule has 2 bridgehead atoms. The minimum Gasteiger partial charge on any atom is -0.481 e. The molecule has 0 aromatic heterocycles. The van der Waals surface area contributed by atoms with Crippen LogP contribution in [-0.4, -0.2) is 29.2 Å². The molecular weight excluding hydrogens is 351 g/mol. The number of carboxylic acid groups (broad SMARTS) is 1. The Hall–Kier alpha value is -2.06. The molecule has 0 unspecified atom stereocenters. The number of fused-ring (bicyclic) bond motifs is 2. The van der Waals surface area contributed by atoms with Crippen LogP contribution in [0.2, 0.25) is 5.02 Å². The standard InChI is InChI=1S/C15H11ClF3NO4/c16-7-2-1-6(15(17,18)19)5-8(7)20-13(21)11-9-3-4-10(24-9)12(11)14(22)23/h1-5,9-12H,(H,20,21)(H,22,23)/t9-,10+,11+,12-/m1/s1. The molecule has 1 fully saturated rings. The number of hydrogen-bond donors (Lipinski definition) is 2. The van der Waals surface area contributed by atoms with Gasteiger partial charge in [0.25, 0.3) is 0 Å². The molecule has 2 aliphatic heterocycles. The Morgan fingerprint density at radius 1 is 1.17 bits per heavy atom. The largest absolute Gasteiger partial charge is 0.481 e. The average Bonchev–Trinajstić information content (AvgIpc) is 3.08. The second-order valence-corrected chi connectivity index (χ2v) is 5.93. The number of carboxylic acids is 1. The molecule has 2 N–H and O–H groups in total. The van der Waals surface area contributed by atoms with Crippen molar-refractivity contribution in [2.45, 2.75) is 18.4 Å². The Morgan fingerprint density at radius 3 is 2.38 bits per heavy atom. The number of anilines is 1. The first kappa shape index (κ1) is 16.8. The van der Waals surface area contributed by atoms with Crippen LogP contribution in [0.15, 0.2) is 30.4 Å². The molecule has 24 heavy (non-hydrogen) atoms. The normalized spacial score (nSPS) is 28.2. The van der Waals surface area contributed by atoms with Crippen molar-refractivity contribution in [3.63, 3.8) is 0 Å². The third-order valence-electron chi connectivity index (χ3n) is 4.04. The summed E-state index contributed by atoms with van der Waals surface area (Å²) in [7, 11) is 0. The van der Waals surface area contributed by atoms with Gasteiger partial charge in [-0.15, -0.1) is 0 Å². The van der Waals surface area contributed by atoms with Gasteiger partial charge in [-0.1, -0.05) is 23.8 Å². The maximum Gasteiger partial charge on any atom is 0.416 e. The SMILES string of the molecule is O=C(Nc1cc(C(F)(F)F)ccc1Cl)[C@@H]1[C@H](C(=O)O)[C@@H]2C=C[C@H]1O2. The van der Waals surface area contributed by atoms with Crippen molar-refractivity contribution in [2.24, 2.45) is 11.8 Å². The first-order chi connectivity index (χ1) is 11.2. The Kier molecular flexibility index (Phi) is 4.05. The van der Waals surface area contributed by atoms with E-state index in [-0.39, 0.29) is 10.7 Å². The van der Waals surface area contributed by atoms with Crippen molar-refractivity contribution in [1.82, 2.24) is 0 Å². The number of carbonyl (C=O) groups is 2. The Balaban J connectivity index is 1.85. The second-order valence-electron chi connectivity index (χ2n) is 5.52. The number of rotatable bonds is 3. The minimum absolute atomic E-state index is 0.0807. The molecule has 4 atom stereocenters. The van der Waals surface area contributed by atoms with Gasteiger partial charge in [0, 0.05) is 0 Å². The van der Waals surface area contributed by atoms with E-state index >= 15 is 0 Å². The number of halogens is 4. The lowest BCUT2D eigenvalue weighted by Crippen LogP contribution is -2.39. The molecular formula is C15H11ClF3NO4. The molecule has 1 saturated heterocycles. The molecule has 0 spiro atoms. The molecule has 128 valence electrons. The number of benzene rings is 1. The summed E-state index contributed by atoms with van der Waals surface area (Å²) < 4.78 is 43.7. The van der Waals surface area contributed by atoms with Gasteiger partial charge in [-0.25, -0.2) is 0 Å². The van der Waals surface area contributed by atoms with E-state index in [0.717, 1.165) is 12.1 Å². The van der Waals surface area contributed by atoms with Crippen LogP contribution in [-0.2, 0) is 20.5 Å². The number of alkyl halides is 3. The number of carbonyl (C=O) groups excluding carboxylic acids is 1. The van der Waals surface area contributed by atoms with Crippen molar-refractivity contribution >= 4 is 29.2 Å². The molecule has 1 aromatic carbocycles. The fourth-order valence-corrected chi connectivity index (χ4v) is 3.09. The number of ether oxygens (including phenoxy) is 1. The van der Waals surface area contributed by atoms with Gasteiger partial charge in [-0.3, -0.25) is 9.59 Å². The highest BCUT2D eigenvalue weighted by Crippen LogP contribution is 2.40. The predicted octanol–water partition coefficient (Wildman–Crippen LogP) is 2.95. The van der Waals surface area contributed by atoms with Crippen molar-refractivity contribution in [1.29, 1.82) is 0 Å². The Bertz CT molecular complexity index is 734. The molecule has 2 aliphatic rings. The zero-order chi connectivity index (χ0) is 17.6. The van der Waals surface area contributed by atoms with Gasteiger partial charge in [-0.2, -0.15) is 13.2 Å². The zero-order valence-electron chi connectivity index (χ0n) is 11.9. The summed E-state index contributed by atoms with van der Waals surface area (Å²) in [6.45, 7) is 0. The van der Waals surface area contributed by atoms with Crippen molar-refractivity contribution < 1.29 is 32.6 Å². The molecule has 1 amide bonds. The van der Waals surface area contributed by atoms with Gasteiger partial charge in [0.2, 0.25) is 5.91 Å². The van der Waals surface area contributed by atoms with Gasteiger partial charge in [0.05, 0.1) is 34.4 Å². The van der Waals surface area contributed by atoms with Gasteiger partial charge in [-0.05, 0) is 18.2 Å². The van der Waals surface area contributed by atoms with E-state index in [9.17, 15) is 27.9 Å². The second kappa shape index (κ2) is 5.78. The summed E-state index contributed by atoms with van der Waals surface area (Å²) in [6, 6.07) is 2.52. The van der Waals surface area contributed by atoms with Crippen LogP contribution >= 0.6 is 11.6 Å². The van der Waals surface area contributed by atoms with Crippen molar-refractivity contribution in [3.8, 4) is 0 Å². The predicted molar refractivity (Wildman–Crippen MR) is 77.5 cm³/mol. The molecule has 9 heteroatoms. The van der Waals surface area contributed by atoms with Crippen LogP contribution < -0.4 is 5.32 Å². The fourth-order valence-electron chi connectivity index (χ4n) is 2.93. The highest BCUT2D eigenvalue weighted by Gasteiger charge is 2.53. The molecule has 0 aliphatic carbocycles. The lowest BCUT2D eigenvalue weighted by Gasteiger charge is -2.21. The highest BCUT2D eigenvalue weighted by atomic mass is 35.5. The quantitative estimate of drug-likeness (QED) is 0.812. The number of hydrogen-bond acceptors (Lipinski definition) is 3. The van der Waals surface area contributed by atoms with Crippen LogP contribution in [0.4, 0.5) is 18.9 Å². The fraction of sp³-hybridized carbons (Fsp3) is 0.333. The summed E-state index contributed by atoms with van der Waals surface area (Å²) >= 11 is 5.83. The number of aliphatic carboxylic acids is 1. The van der Waals surface area contributed by atoms with E-state index < -0.39 is 47.7 Å². The Morgan fingerprint density at radius 2 is 1.79 bits per heavy atom. The Labute approximate surface area is 139 Å². The highest BCUT2D eigenvalue weighted by molar-refractivity contribution is 6.33. The first-order valence-corrected chi connectivity index (χ1v) is 7.30. The summed E-state index contributed by atoms with van der Waals surface area (Å²) in [6.07, 6.45) is -2.90. The lowest BCUT2D eigenvalue weighted by molar-refractivity contribution is -0.145. The van der Waals surface area contributed by atoms with Crippen LogP contribution in [0.1, 0.15) is 5.56 Å². The van der Waals surface area contributed by atoms with Crippen molar-refractivity contribution in [3.05, 3.63) is 40.9 Å².